The first kappa shape index (κ1) is 19.8. The number of nitrogens with zero attached hydrogens (tertiary/aromatic N) is 5. The summed E-state index contributed by atoms with van der Waals surface area (Å²) >= 11 is 0. The van der Waals surface area contributed by atoms with Gasteiger partial charge in [-0.3, -0.25) is 9.48 Å². The Morgan fingerprint density at radius 1 is 1.17 bits per heavy atom. The standard InChI is InChI=1S/C21H22FN5O3/c1-26-18(12-17(25-26)14-5-7-15(22)8-6-14)21(28)27-11-3-4-16(13-27)30-20-19(29-2)23-9-10-24-20/h5-10,12,16H,3-4,11,13H2,1-2H3. The van der Waals surface area contributed by atoms with Crippen molar-refractivity contribution in [2.75, 3.05) is 20.2 Å². The fourth-order valence-corrected chi connectivity index (χ4v) is 3.50. The maximum atomic E-state index is 13.2. The van der Waals surface area contributed by atoms with E-state index in [4.69, 9.17) is 9.47 Å². The highest BCUT2D eigenvalue weighted by Gasteiger charge is 2.28. The molecular formula is C21H22FN5O3. The fraction of sp³-hybridized carbons (Fsp3) is 0.333. The van der Waals surface area contributed by atoms with Gasteiger partial charge in [0.05, 0.1) is 19.3 Å². The van der Waals surface area contributed by atoms with Crippen molar-refractivity contribution in [2.45, 2.75) is 18.9 Å². The Bertz CT molecular complexity index is 1040. The summed E-state index contributed by atoms with van der Waals surface area (Å²) < 4.78 is 25.9. The van der Waals surface area contributed by atoms with E-state index in [1.807, 2.05) is 0 Å². The second kappa shape index (κ2) is 8.48. The van der Waals surface area contributed by atoms with Crippen molar-refractivity contribution in [1.29, 1.82) is 0 Å². The lowest BCUT2D eigenvalue weighted by atomic mass is 10.1. The zero-order valence-electron chi connectivity index (χ0n) is 16.8. The number of aryl methyl sites for hydroxylation is 1. The molecule has 0 bridgehead atoms. The molecule has 1 aliphatic heterocycles. The van der Waals surface area contributed by atoms with Gasteiger partial charge in [-0.1, -0.05) is 0 Å². The molecule has 0 N–H and O–H groups in total. The van der Waals surface area contributed by atoms with Crippen LogP contribution in [-0.4, -0.2) is 56.9 Å². The van der Waals surface area contributed by atoms with Crippen molar-refractivity contribution < 1.29 is 18.7 Å². The molecule has 1 aliphatic rings. The van der Waals surface area contributed by atoms with E-state index in [2.05, 4.69) is 15.1 Å². The number of hydrogen-bond donors (Lipinski definition) is 0. The molecule has 30 heavy (non-hydrogen) atoms. The number of rotatable bonds is 5. The highest BCUT2D eigenvalue weighted by atomic mass is 19.1. The van der Waals surface area contributed by atoms with Gasteiger partial charge in [-0.2, -0.15) is 5.10 Å². The van der Waals surface area contributed by atoms with E-state index in [-0.39, 0.29) is 17.8 Å². The fourth-order valence-electron chi connectivity index (χ4n) is 3.50. The number of hydrogen-bond acceptors (Lipinski definition) is 6. The first-order valence-electron chi connectivity index (χ1n) is 9.66. The van der Waals surface area contributed by atoms with Gasteiger partial charge in [0.25, 0.3) is 17.7 Å². The highest BCUT2D eigenvalue weighted by molar-refractivity contribution is 5.93. The van der Waals surface area contributed by atoms with Crippen LogP contribution in [0.5, 0.6) is 11.8 Å². The van der Waals surface area contributed by atoms with Gasteiger partial charge in [0.1, 0.15) is 17.6 Å². The summed E-state index contributed by atoms with van der Waals surface area (Å²) in [6, 6.07) is 7.76. The van der Waals surface area contributed by atoms with Crippen LogP contribution in [0.15, 0.2) is 42.7 Å². The second-order valence-corrected chi connectivity index (χ2v) is 7.05. The molecule has 0 aliphatic carbocycles. The normalized spacial score (nSPS) is 16.4. The first-order valence-corrected chi connectivity index (χ1v) is 9.66. The monoisotopic (exact) mass is 411 g/mol. The lowest BCUT2D eigenvalue weighted by Crippen LogP contribution is -2.45. The third kappa shape index (κ3) is 4.10. The van der Waals surface area contributed by atoms with Gasteiger partial charge in [0, 0.05) is 31.5 Å². The molecule has 1 amide bonds. The lowest BCUT2D eigenvalue weighted by molar-refractivity contribution is 0.0510. The molecule has 156 valence electrons. The number of piperidine rings is 1. The Hall–Kier alpha value is -3.49. The van der Waals surface area contributed by atoms with Crippen molar-refractivity contribution in [3.63, 3.8) is 0 Å². The SMILES string of the molecule is COc1nccnc1OC1CCCN(C(=O)c2cc(-c3ccc(F)cc3)nn2C)C1. The Morgan fingerprint density at radius 2 is 1.90 bits per heavy atom. The molecule has 1 aromatic carbocycles. The van der Waals surface area contributed by atoms with Gasteiger partial charge in [-0.25, -0.2) is 14.4 Å². The van der Waals surface area contributed by atoms with Crippen LogP contribution in [-0.2, 0) is 7.05 Å². The van der Waals surface area contributed by atoms with Gasteiger partial charge < -0.3 is 14.4 Å². The number of ether oxygens (including phenoxy) is 2. The quantitative estimate of drug-likeness (QED) is 0.642. The molecule has 0 saturated carbocycles. The van der Waals surface area contributed by atoms with E-state index in [0.29, 0.717) is 36.2 Å². The van der Waals surface area contributed by atoms with E-state index < -0.39 is 0 Å². The average Bonchev–Trinajstić information content (AvgIpc) is 3.16. The first-order chi connectivity index (χ1) is 14.5. The minimum Gasteiger partial charge on any atom is -0.477 e. The third-order valence-corrected chi connectivity index (χ3v) is 5.01. The molecule has 1 unspecified atom stereocenters. The molecule has 0 radical (unpaired) electrons. The van der Waals surface area contributed by atoms with Crippen molar-refractivity contribution in [2.24, 2.45) is 7.05 Å². The Balaban J connectivity index is 1.49. The number of aromatic nitrogens is 4. The molecule has 2 aromatic heterocycles. The number of carbonyl (C=O) groups excluding carboxylic acids is 1. The smallest absolute Gasteiger partial charge is 0.278 e. The summed E-state index contributed by atoms with van der Waals surface area (Å²) in [4.78, 5) is 23.2. The van der Waals surface area contributed by atoms with Crippen LogP contribution < -0.4 is 9.47 Å². The molecule has 9 heteroatoms. The van der Waals surface area contributed by atoms with Crippen LogP contribution in [0, 0.1) is 5.82 Å². The zero-order valence-corrected chi connectivity index (χ0v) is 16.8. The molecule has 4 rings (SSSR count). The summed E-state index contributed by atoms with van der Waals surface area (Å²) in [7, 11) is 3.23. The zero-order chi connectivity index (χ0) is 21.1. The van der Waals surface area contributed by atoms with E-state index in [1.54, 1.807) is 34.8 Å². The molecular weight excluding hydrogens is 389 g/mol. The highest BCUT2D eigenvalue weighted by Crippen LogP contribution is 2.25. The Morgan fingerprint density at radius 3 is 2.63 bits per heavy atom. The molecule has 8 nitrogen and oxygen atoms in total. The summed E-state index contributed by atoms with van der Waals surface area (Å²) in [6.07, 6.45) is 4.47. The summed E-state index contributed by atoms with van der Waals surface area (Å²) in [6.45, 7) is 1.06. The van der Waals surface area contributed by atoms with Crippen LogP contribution in [0.2, 0.25) is 0 Å². The van der Waals surface area contributed by atoms with Gasteiger partial charge in [-0.15, -0.1) is 0 Å². The minimum absolute atomic E-state index is 0.127. The van der Waals surface area contributed by atoms with Crippen LogP contribution in [0.1, 0.15) is 23.3 Å². The van der Waals surface area contributed by atoms with Gasteiger partial charge in [-0.05, 0) is 43.2 Å². The van der Waals surface area contributed by atoms with Crippen LogP contribution in [0.25, 0.3) is 11.3 Å². The molecule has 1 saturated heterocycles. The topological polar surface area (TPSA) is 82.4 Å². The number of halogens is 1. The number of benzene rings is 1. The Labute approximate surface area is 173 Å². The van der Waals surface area contributed by atoms with E-state index in [9.17, 15) is 9.18 Å². The molecule has 3 aromatic rings. The van der Waals surface area contributed by atoms with Crippen molar-refractivity contribution in [3.05, 3.63) is 54.2 Å². The maximum absolute atomic E-state index is 13.2. The van der Waals surface area contributed by atoms with Crippen molar-refractivity contribution in [1.82, 2.24) is 24.6 Å². The summed E-state index contributed by atoms with van der Waals surface area (Å²) in [5.41, 5.74) is 1.84. The Kier molecular flexibility index (Phi) is 5.60. The largest absolute Gasteiger partial charge is 0.477 e. The molecule has 3 heterocycles. The van der Waals surface area contributed by atoms with E-state index in [1.165, 1.54) is 31.6 Å². The van der Waals surface area contributed by atoms with Gasteiger partial charge in [0.15, 0.2) is 0 Å². The van der Waals surface area contributed by atoms with Gasteiger partial charge >= 0.3 is 0 Å². The van der Waals surface area contributed by atoms with E-state index >= 15 is 0 Å². The summed E-state index contributed by atoms with van der Waals surface area (Å²) in [5.74, 6) is 0.192. The molecule has 1 atom stereocenters. The van der Waals surface area contributed by atoms with Crippen molar-refractivity contribution >= 4 is 5.91 Å². The predicted octanol–water partition coefficient (Wildman–Crippen LogP) is 2.71. The molecule has 1 fully saturated rings. The maximum Gasteiger partial charge on any atom is 0.278 e. The third-order valence-electron chi connectivity index (χ3n) is 5.01. The van der Waals surface area contributed by atoms with Gasteiger partial charge in [0.2, 0.25) is 0 Å². The number of likely N-dealkylation sites (tertiary alicyclic amines) is 1. The number of amides is 1. The van der Waals surface area contributed by atoms with Crippen LogP contribution in [0.4, 0.5) is 4.39 Å². The average molecular weight is 411 g/mol. The van der Waals surface area contributed by atoms with E-state index in [0.717, 1.165) is 18.4 Å². The number of methoxy groups -OCH3 is 1. The summed E-state index contributed by atoms with van der Waals surface area (Å²) in [5, 5.41) is 4.42. The molecule has 0 spiro atoms. The van der Waals surface area contributed by atoms with Crippen LogP contribution >= 0.6 is 0 Å². The number of carbonyl (C=O) groups is 1. The minimum atomic E-state index is -0.315. The lowest BCUT2D eigenvalue weighted by Gasteiger charge is -2.32. The van der Waals surface area contributed by atoms with Crippen molar-refractivity contribution in [3.8, 4) is 23.0 Å². The predicted molar refractivity (Wildman–Crippen MR) is 107 cm³/mol. The van der Waals surface area contributed by atoms with Crippen LogP contribution in [0.3, 0.4) is 0 Å². The second-order valence-electron chi connectivity index (χ2n) is 7.05.